The third-order valence-electron chi connectivity index (χ3n) is 2.80. The Hall–Kier alpha value is -1.27. The van der Waals surface area contributed by atoms with Crippen LogP contribution in [0, 0.1) is 17.0 Å². The van der Waals surface area contributed by atoms with Gasteiger partial charge in [-0.05, 0) is 6.92 Å². The molecule has 19 heavy (non-hydrogen) atoms. The Labute approximate surface area is 110 Å². The zero-order chi connectivity index (χ0) is 14.7. The summed E-state index contributed by atoms with van der Waals surface area (Å²) < 4.78 is 21.8. The van der Waals surface area contributed by atoms with Gasteiger partial charge in [0.05, 0.1) is 0 Å². The van der Waals surface area contributed by atoms with E-state index in [1.165, 1.54) is 12.1 Å². The molecule has 0 spiro atoms. The highest BCUT2D eigenvalue weighted by Gasteiger charge is 2.54. The van der Waals surface area contributed by atoms with Gasteiger partial charge < -0.3 is 14.2 Å². The smallest absolute Gasteiger partial charge is 0.368 e. The van der Waals surface area contributed by atoms with E-state index in [4.69, 9.17) is 9.05 Å². The van der Waals surface area contributed by atoms with Crippen molar-refractivity contribution in [3.63, 3.8) is 0 Å². The minimum Gasteiger partial charge on any atom is -0.368 e. The summed E-state index contributed by atoms with van der Waals surface area (Å²) in [5.74, 6) is 0. The Kier molecular flexibility index (Phi) is 4.81. The zero-order valence-corrected chi connectivity index (χ0v) is 11.8. The first-order chi connectivity index (χ1) is 8.79. The predicted octanol–water partition coefficient (Wildman–Crippen LogP) is 1.90. The Morgan fingerprint density at radius 3 is 2.16 bits per heavy atom. The Morgan fingerprint density at radius 1 is 1.32 bits per heavy atom. The van der Waals surface area contributed by atoms with Crippen LogP contribution in [0.2, 0.25) is 0 Å². The molecular weight excluding hydrogens is 273 g/mol. The third kappa shape index (κ3) is 3.01. The molecule has 0 aliphatic heterocycles. The maximum atomic E-state index is 12.4. The lowest BCUT2D eigenvalue weighted by molar-refractivity contribution is -0.496. The van der Waals surface area contributed by atoms with E-state index in [0.29, 0.717) is 0 Å². The van der Waals surface area contributed by atoms with Crippen molar-refractivity contribution in [3.05, 3.63) is 45.5 Å². The van der Waals surface area contributed by atoms with Gasteiger partial charge in [0, 0.05) is 24.7 Å². The molecule has 0 radical (unpaired) electrons. The van der Waals surface area contributed by atoms with Crippen LogP contribution in [0.15, 0.2) is 24.3 Å². The van der Waals surface area contributed by atoms with E-state index in [-0.39, 0.29) is 5.56 Å². The standard InChI is InChI=1S/C11H16NO6P/c1-9-4-6-10(7-5-9)11(13,8-12(14)15)19(16,17-2)18-3/h4-7,13H,8H2,1-3H3. The van der Waals surface area contributed by atoms with Gasteiger partial charge in [0.25, 0.3) is 5.34 Å². The predicted molar refractivity (Wildman–Crippen MR) is 68.6 cm³/mol. The van der Waals surface area contributed by atoms with Gasteiger partial charge in [-0.3, -0.25) is 14.7 Å². The highest BCUT2D eigenvalue weighted by Crippen LogP contribution is 2.62. The fraction of sp³-hybridized carbons (Fsp3) is 0.455. The quantitative estimate of drug-likeness (QED) is 0.488. The number of nitrogens with zero attached hydrogens (tertiary/aromatic N) is 1. The van der Waals surface area contributed by atoms with Gasteiger partial charge in [0.15, 0.2) is 0 Å². The molecule has 8 heteroatoms. The van der Waals surface area contributed by atoms with E-state index in [9.17, 15) is 19.8 Å². The summed E-state index contributed by atoms with van der Waals surface area (Å²) in [5, 5.41) is 18.9. The van der Waals surface area contributed by atoms with E-state index in [1.54, 1.807) is 12.1 Å². The normalized spacial score (nSPS) is 14.9. The number of aliphatic hydroxyl groups is 1. The second-order valence-corrected chi connectivity index (χ2v) is 6.50. The van der Waals surface area contributed by atoms with Crippen molar-refractivity contribution in [3.8, 4) is 0 Å². The van der Waals surface area contributed by atoms with Gasteiger partial charge in [0.1, 0.15) is 0 Å². The molecule has 0 aliphatic carbocycles. The first-order valence-corrected chi connectivity index (χ1v) is 6.96. The molecule has 106 valence electrons. The summed E-state index contributed by atoms with van der Waals surface area (Å²) in [7, 11) is -1.93. The summed E-state index contributed by atoms with van der Waals surface area (Å²) in [6.45, 7) is 0.845. The van der Waals surface area contributed by atoms with Crippen molar-refractivity contribution in [2.24, 2.45) is 0 Å². The summed E-state index contributed by atoms with van der Waals surface area (Å²) in [6.07, 6.45) is 0. The lowest BCUT2D eigenvalue weighted by Gasteiger charge is -2.30. The minimum atomic E-state index is -4.08. The highest BCUT2D eigenvalue weighted by molar-refractivity contribution is 7.54. The number of hydrogen-bond acceptors (Lipinski definition) is 6. The van der Waals surface area contributed by atoms with Gasteiger partial charge in [-0.2, -0.15) is 0 Å². The van der Waals surface area contributed by atoms with E-state index < -0.39 is 24.4 Å². The Balaban J connectivity index is 3.38. The fourth-order valence-corrected chi connectivity index (χ4v) is 3.22. The molecule has 1 rings (SSSR count). The van der Waals surface area contributed by atoms with Gasteiger partial charge in [-0.1, -0.05) is 29.8 Å². The maximum Gasteiger partial charge on any atom is 0.372 e. The average Bonchev–Trinajstić information content (AvgIpc) is 2.37. The van der Waals surface area contributed by atoms with Crippen LogP contribution in [0.4, 0.5) is 0 Å². The van der Waals surface area contributed by atoms with Crippen LogP contribution in [0.25, 0.3) is 0 Å². The third-order valence-corrected chi connectivity index (χ3v) is 5.06. The monoisotopic (exact) mass is 289 g/mol. The summed E-state index contributed by atoms with van der Waals surface area (Å²) in [4.78, 5) is 9.99. The van der Waals surface area contributed by atoms with E-state index in [1.807, 2.05) is 6.92 Å². The van der Waals surface area contributed by atoms with Crippen LogP contribution in [-0.4, -0.2) is 30.8 Å². The van der Waals surface area contributed by atoms with Gasteiger partial charge in [-0.25, -0.2) is 0 Å². The molecule has 0 amide bonds. The molecule has 1 unspecified atom stereocenters. The van der Waals surface area contributed by atoms with Crippen LogP contribution < -0.4 is 0 Å². The first-order valence-electron chi connectivity index (χ1n) is 5.42. The molecule has 0 saturated carbocycles. The number of hydrogen-bond donors (Lipinski definition) is 1. The topological polar surface area (TPSA) is 98.9 Å². The van der Waals surface area contributed by atoms with Crippen LogP contribution in [0.1, 0.15) is 11.1 Å². The Bertz CT molecular complexity index is 494. The summed E-state index contributed by atoms with van der Waals surface area (Å²) in [6, 6.07) is 6.22. The van der Waals surface area contributed by atoms with Gasteiger partial charge >= 0.3 is 7.60 Å². The molecule has 0 heterocycles. The number of benzene rings is 1. The second-order valence-electron chi connectivity index (χ2n) is 4.04. The van der Waals surface area contributed by atoms with Gasteiger partial charge in [-0.15, -0.1) is 0 Å². The highest BCUT2D eigenvalue weighted by atomic mass is 31.2. The molecular formula is C11H16NO6P. The Morgan fingerprint density at radius 2 is 1.79 bits per heavy atom. The maximum absolute atomic E-state index is 12.4. The van der Waals surface area contributed by atoms with E-state index >= 15 is 0 Å². The number of aryl methyl sites for hydroxylation is 1. The van der Waals surface area contributed by atoms with Crippen molar-refractivity contribution in [1.29, 1.82) is 0 Å². The first kappa shape index (κ1) is 15.8. The SMILES string of the molecule is COP(=O)(OC)C(O)(C[N+](=O)[O-])c1ccc(C)cc1. The molecule has 7 nitrogen and oxygen atoms in total. The van der Waals surface area contributed by atoms with Crippen LogP contribution in [0.3, 0.4) is 0 Å². The number of nitro groups is 1. The number of rotatable bonds is 6. The van der Waals surface area contributed by atoms with Crippen molar-refractivity contribution in [2.45, 2.75) is 12.3 Å². The van der Waals surface area contributed by atoms with Crippen LogP contribution in [-0.2, 0) is 19.0 Å². The molecule has 1 atom stereocenters. The summed E-state index contributed by atoms with van der Waals surface area (Å²) >= 11 is 0. The molecule has 0 aliphatic rings. The van der Waals surface area contributed by atoms with E-state index in [2.05, 4.69) is 0 Å². The molecule has 1 N–H and O–H groups in total. The molecule has 0 aromatic heterocycles. The van der Waals surface area contributed by atoms with Crippen molar-refractivity contribution >= 4 is 7.60 Å². The lowest BCUT2D eigenvalue weighted by atomic mass is 10.1. The van der Waals surface area contributed by atoms with Gasteiger partial charge in [0.2, 0.25) is 6.54 Å². The molecule has 0 fully saturated rings. The molecule has 0 saturated heterocycles. The minimum absolute atomic E-state index is 0.113. The summed E-state index contributed by atoms with van der Waals surface area (Å²) in [5.41, 5.74) is 1.01. The van der Waals surface area contributed by atoms with Crippen molar-refractivity contribution in [1.82, 2.24) is 0 Å². The van der Waals surface area contributed by atoms with Crippen LogP contribution in [0.5, 0.6) is 0 Å². The van der Waals surface area contributed by atoms with E-state index in [0.717, 1.165) is 19.8 Å². The second kappa shape index (κ2) is 5.79. The lowest BCUT2D eigenvalue weighted by Crippen LogP contribution is -2.35. The molecule has 1 aromatic rings. The molecule has 0 bridgehead atoms. The zero-order valence-electron chi connectivity index (χ0n) is 10.9. The fourth-order valence-electron chi connectivity index (χ4n) is 1.71. The van der Waals surface area contributed by atoms with Crippen LogP contribution >= 0.6 is 7.60 Å². The average molecular weight is 289 g/mol. The molecule has 1 aromatic carbocycles. The van der Waals surface area contributed by atoms with Crippen molar-refractivity contribution in [2.75, 3.05) is 20.8 Å². The van der Waals surface area contributed by atoms with Crippen molar-refractivity contribution < 1.29 is 23.6 Å². The largest absolute Gasteiger partial charge is 0.372 e.